The van der Waals surface area contributed by atoms with Gasteiger partial charge in [-0.1, -0.05) is 29.8 Å². The van der Waals surface area contributed by atoms with Crippen molar-refractivity contribution >= 4 is 21.7 Å². The van der Waals surface area contributed by atoms with Gasteiger partial charge in [0.25, 0.3) is 0 Å². The van der Waals surface area contributed by atoms with Crippen LogP contribution in [0, 0.1) is 0 Å². The largest absolute Gasteiger partial charge is 0.496 e. The maximum absolute atomic E-state index is 11.9. The molecule has 0 aliphatic heterocycles. The van der Waals surface area contributed by atoms with E-state index in [1.54, 1.807) is 14.2 Å². The molecule has 1 aromatic rings. The van der Waals surface area contributed by atoms with E-state index >= 15 is 0 Å². The average molecular weight is 300 g/mol. The molecule has 0 saturated carbocycles. The van der Waals surface area contributed by atoms with Gasteiger partial charge in [0.05, 0.1) is 19.2 Å². The van der Waals surface area contributed by atoms with Crippen molar-refractivity contribution in [2.75, 3.05) is 20.7 Å². The van der Waals surface area contributed by atoms with Crippen molar-refractivity contribution < 1.29 is 9.53 Å². The van der Waals surface area contributed by atoms with Crippen molar-refractivity contribution in [1.82, 2.24) is 5.32 Å². The molecule has 1 aromatic carbocycles. The van der Waals surface area contributed by atoms with Crippen LogP contribution in [0.5, 0.6) is 5.75 Å². The number of ketones is 1. The van der Waals surface area contributed by atoms with E-state index in [-0.39, 0.29) is 5.78 Å². The molecule has 0 spiro atoms. The lowest BCUT2D eigenvalue weighted by Crippen LogP contribution is -2.19. The Morgan fingerprint density at radius 2 is 2.12 bits per heavy atom. The Bertz CT molecular complexity index is 416. The molecule has 0 unspecified atom stereocenters. The summed E-state index contributed by atoms with van der Waals surface area (Å²) < 4.78 is 6.24. The zero-order chi connectivity index (χ0) is 13.0. The van der Waals surface area contributed by atoms with E-state index in [9.17, 15) is 4.79 Å². The summed E-state index contributed by atoms with van der Waals surface area (Å²) in [6, 6.07) is 3.77. The second-order valence-electron chi connectivity index (χ2n) is 4.18. The Morgan fingerprint density at radius 1 is 1.47 bits per heavy atom. The molecule has 1 N–H and O–H groups in total. The summed E-state index contributed by atoms with van der Waals surface area (Å²) in [5.74, 6) is 1.05. The van der Waals surface area contributed by atoms with E-state index in [1.165, 1.54) is 0 Å². The molecule has 4 heteroatoms. The van der Waals surface area contributed by atoms with Gasteiger partial charge in [0.2, 0.25) is 0 Å². The molecule has 3 nitrogen and oxygen atoms in total. The van der Waals surface area contributed by atoms with Gasteiger partial charge in [0.15, 0.2) is 5.78 Å². The molecule has 0 saturated heterocycles. The summed E-state index contributed by atoms with van der Waals surface area (Å²) >= 11 is 3.50. The first-order valence-electron chi connectivity index (χ1n) is 5.56. The minimum absolute atomic E-state index is 0.0281. The average Bonchev–Trinajstić information content (AvgIpc) is 2.28. The SMILES string of the molecule is CNCC(=O)c1cc(Br)c(C(C)C)cc1OC. The first-order valence-corrected chi connectivity index (χ1v) is 6.35. The molecule has 0 bridgehead atoms. The van der Waals surface area contributed by atoms with Crippen molar-refractivity contribution in [2.24, 2.45) is 0 Å². The quantitative estimate of drug-likeness (QED) is 0.850. The second-order valence-corrected chi connectivity index (χ2v) is 5.04. The van der Waals surface area contributed by atoms with Crippen LogP contribution in [-0.4, -0.2) is 26.5 Å². The van der Waals surface area contributed by atoms with Gasteiger partial charge in [-0.15, -0.1) is 0 Å². The van der Waals surface area contributed by atoms with Crippen molar-refractivity contribution in [1.29, 1.82) is 0 Å². The molecule has 0 heterocycles. The van der Waals surface area contributed by atoms with Crippen LogP contribution in [0.15, 0.2) is 16.6 Å². The fraction of sp³-hybridized carbons (Fsp3) is 0.462. The summed E-state index contributed by atoms with van der Waals surface area (Å²) in [6.45, 7) is 4.52. The van der Waals surface area contributed by atoms with Gasteiger partial charge >= 0.3 is 0 Å². The topological polar surface area (TPSA) is 38.3 Å². The molecule has 0 aliphatic rings. The number of hydrogen-bond acceptors (Lipinski definition) is 3. The predicted octanol–water partition coefficient (Wildman–Crippen LogP) is 2.98. The van der Waals surface area contributed by atoms with E-state index in [2.05, 4.69) is 35.1 Å². The summed E-state index contributed by atoms with van der Waals surface area (Å²) in [4.78, 5) is 11.9. The number of carbonyl (C=O) groups is 1. The number of benzene rings is 1. The second kappa shape index (κ2) is 6.17. The highest BCUT2D eigenvalue weighted by Gasteiger charge is 2.16. The van der Waals surface area contributed by atoms with Gasteiger partial charge in [-0.2, -0.15) is 0 Å². The molecular weight excluding hydrogens is 282 g/mol. The molecule has 17 heavy (non-hydrogen) atoms. The van der Waals surface area contributed by atoms with Gasteiger partial charge in [-0.25, -0.2) is 0 Å². The molecule has 0 aromatic heterocycles. The van der Waals surface area contributed by atoms with Crippen LogP contribution in [0.25, 0.3) is 0 Å². The fourth-order valence-electron chi connectivity index (χ4n) is 1.65. The smallest absolute Gasteiger partial charge is 0.180 e. The number of halogens is 1. The molecule has 94 valence electrons. The van der Waals surface area contributed by atoms with E-state index in [0.29, 0.717) is 23.8 Å². The van der Waals surface area contributed by atoms with Crippen LogP contribution in [-0.2, 0) is 0 Å². The van der Waals surface area contributed by atoms with E-state index in [1.807, 2.05) is 12.1 Å². The predicted molar refractivity (Wildman–Crippen MR) is 73.0 cm³/mol. The molecule has 0 amide bonds. The molecule has 0 atom stereocenters. The summed E-state index contributed by atoms with van der Waals surface area (Å²) in [7, 11) is 3.34. The third-order valence-corrected chi connectivity index (χ3v) is 3.27. The third-order valence-electron chi connectivity index (χ3n) is 2.58. The van der Waals surface area contributed by atoms with Crippen LogP contribution < -0.4 is 10.1 Å². The first kappa shape index (κ1) is 14.2. The fourth-order valence-corrected chi connectivity index (χ4v) is 2.46. The minimum atomic E-state index is 0.0281. The van der Waals surface area contributed by atoms with Gasteiger partial charge in [-0.3, -0.25) is 4.79 Å². The van der Waals surface area contributed by atoms with Crippen molar-refractivity contribution in [2.45, 2.75) is 19.8 Å². The molecule has 0 aliphatic carbocycles. The Kier molecular flexibility index (Phi) is 5.15. The lowest BCUT2D eigenvalue weighted by atomic mass is 9.99. The highest BCUT2D eigenvalue weighted by atomic mass is 79.9. The monoisotopic (exact) mass is 299 g/mol. The van der Waals surface area contributed by atoms with Crippen molar-refractivity contribution in [3.63, 3.8) is 0 Å². The zero-order valence-electron chi connectivity index (χ0n) is 10.6. The maximum Gasteiger partial charge on any atom is 0.180 e. The Morgan fingerprint density at radius 3 is 2.59 bits per heavy atom. The molecule has 1 rings (SSSR count). The maximum atomic E-state index is 11.9. The van der Waals surface area contributed by atoms with Crippen LogP contribution in [0.3, 0.4) is 0 Å². The zero-order valence-corrected chi connectivity index (χ0v) is 12.2. The van der Waals surface area contributed by atoms with Gasteiger partial charge in [0, 0.05) is 4.47 Å². The van der Waals surface area contributed by atoms with Crippen LogP contribution >= 0.6 is 15.9 Å². The third kappa shape index (κ3) is 3.30. The highest BCUT2D eigenvalue weighted by molar-refractivity contribution is 9.10. The number of nitrogens with one attached hydrogen (secondary N) is 1. The molecular formula is C13H18BrNO2. The van der Waals surface area contributed by atoms with Gasteiger partial charge < -0.3 is 10.1 Å². The van der Waals surface area contributed by atoms with Crippen LogP contribution in [0.4, 0.5) is 0 Å². The Hall–Kier alpha value is -0.870. The number of likely N-dealkylation sites (N-methyl/N-ethyl adjacent to an activating group) is 1. The lowest BCUT2D eigenvalue weighted by molar-refractivity contribution is 0.0990. The summed E-state index contributed by atoms with van der Waals surface area (Å²) in [6.07, 6.45) is 0. The normalized spacial score (nSPS) is 10.7. The van der Waals surface area contributed by atoms with Crippen molar-refractivity contribution in [3.8, 4) is 5.75 Å². The van der Waals surface area contributed by atoms with Crippen LogP contribution in [0.1, 0.15) is 35.7 Å². The van der Waals surface area contributed by atoms with E-state index in [4.69, 9.17) is 4.74 Å². The van der Waals surface area contributed by atoms with Gasteiger partial charge in [-0.05, 0) is 30.7 Å². The van der Waals surface area contributed by atoms with E-state index in [0.717, 1.165) is 10.0 Å². The Balaban J connectivity index is 3.23. The van der Waals surface area contributed by atoms with E-state index < -0.39 is 0 Å². The molecule has 0 radical (unpaired) electrons. The van der Waals surface area contributed by atoms with Crippen molar-refractivity contribution in [3.05, 3.63) is 27.7 Å². The Labute approximate surface area is 111 Å². The number of hydrogen-bond donors (Lipinski definition) is 1. The summed E-state index contributed by atoms with van der Waals surface area (Å²) in [5.41, 5.74) is 1.75. The number of carbonyl (C=O) groups excluding carboxylic acids is 1. The standard InChI is InChI=1S/C13H18BrNO2/c1-8(2)9-6-13(17-4)10(5-11(9)14)12(16)7-15-3/h5-6,8,15H,7H2,1-4H3. The number of Topliss-reactive ketones (excluding diaryl/α,β-unsaturated/α-hetero) is 1. The summed E-state index contributed by atoms with van der Waals surface area (Å²) in [5, 5.41) is 2.85. The molecule has 0 fully saturated rings. The first-order chi connectivity index (χ1) is 8.01. The number of ether oxygens (including phenoxy) is 1. The number of rotatable bonds is 5. The van der Waals surface area contributed by atoms with Gasteiger partial charge in [0.1, 0.15) is 5.75 Å². The number of methoxy groups -OCH3 is 1. The van der Waals surface area contributed by atoms with Crippen LogP contribution in [0.2, 0.25) is 0 Å². The highest BCUT2D eigenvalue weighted by Crippen LogP contribution is 2.32. The minimum Gasteiger partial charge on any atom is -0.496 e. The lowest BCUT2D eigenvalue weighted by Gasteiger charge is -2.14.